The molecule has 1 aromatic carbocycles. The number of hydrogen-bond acceptors (Lipinski definition) is 6. The highest BCUT2D eigenvalue weighted by atomic mass is 16.4. The third kappa shape index (κ3) is 6.54. The van der Waals surface area contributed by atoms with Crippen LogP contribution in [0, 0.1) is 0 Å². The van der Waals surface area contributed by atoms with Crippen LogP contribution in [0.4, 0.5) is 0 Å². The molecule has 2 rings (SSSR count). The average molecular weight is 446 g/mol. The van der Waals surface area contributed by atoms with Gasteiger partial charge in [-0.15, -0.1) is 0 Å². The lowest BCUT2D eigenvalue weighted by molar-refractivity contribution is -0.141. The summed E-state index contributed by atoms with van der Waals surface area (Å²) in [5.74, 6) is -4.38. The Morgan fingerprint density at radius 2 is 1.69 bits per heavy atom. The zero-order valence-corrected chi connectivity index (χ0v) is 17.4. The molecule has 3 atom stereocenters. The van der Waals surface area contributed by atoms with Gasteiger partial charge < -0.3 is 37.5 Å². The second kappa shape index (κ2) is 10.9. The largest absolute Gasteiger partial charge is 0.480 e. The minimum absolute atomic E-state index is 0.0159. The van der Waals surface area contributed by atoms with Gasteiger partial charge in [0.1, 0.15) is 18.1 Å². The first-order valence-electron chi connectivity index (χ1n) is 9.78. The highest BCUT2D eigenvalue weighted by molar-refractivity contribution is 5.96. The molecule has 1 aromatic heterocycles. The van der Waals surface area contributed by atoms with Crippen LogP contribution in [0.3, 0.4) is 0 Å². The van der Waals surface area contributed by atoms with Crippen molar-refractivity contribution in [3.8, 4) is 0 Å². The first-order valence-corrected chi connectivity index (χ1v) is 9.78. The maximum atomic E-state index is 12.8. The van der Waals surface area contributed by atoms with Crippen molar-refractivity contribution < 1.29 is 29.1 Å². The topological polar surface area (TPSA) is 210 Å². The summed E-state index contributed by atoms with van der Waals surface area (Å²) < 4.78 is 0. The number of benzene rings is 1. The van der Waals surface area contributed by atoms with Crippen LogP contribution in [0.2, 0.25) is 0 Å². The molecule has 12 nitrogen and oxygen atoms in total. The number of aromatic nitrogens is 1. The van der Waals surface area contributed by atoms with Gasteiger partial charge in [0.05, 0.1) is 13.0 Å². The molecule has 0 saturated carbocycles. The molecular weight excluding hydrogens is 420 g/mol. The Kier molecular flexibility index (Phi) is 8.30. The lowest BCUT2D eigenvalue weighted by Crippen LogP contribution is -2.57. The summed E-state index contributed by atoms with van der Waals surface area (Å²) >= 11 is 0. The standard InChI is InChI=1S/C20H26N6O6/c1-10(20(31)32)24-18(29)14(6-11-9-23-13-5-3-2-4-12(11)13)26-19(30)15(7-16(22)27)25-17(28)8-21/h2-5,9-10,14-15,23H,6-8,21H2,1H3,(H2,22,27)(H,24,29)(H,25,28)(H,26,30)(H,31,32). The van der Waals surface area contributed by atoms with Gasteiger partial charge in [-0.1, -0.05) is 18.2 Å². The van der Waals surface area contributed by atoms with Crippen LogP contribution < -0.4 is 27.4 Å². The molecule has 0 bridgehead atoms. The van der Waals surface area contributed by atoms with E-state index in [0.717, 1.165) is 10.9 Å². The molecule has 12 heteroatoms. The van der Waals surface area contributed by atoms with E-state index in [1.54, 1.807) is 6.20 Å². The van der Waals surface area contributed by atoms with E-state index in [0.29, 0.717) is 5.56 Å². The van der Waals surface area contributed by atoms with Gasteiger partial charge >= 0.3 is 5.97 Å². The number of para-hydroxylation sites is 1. The number of carbonyl (C=O) groups is 5. The number of carboxylic acids is 1. The zero-order valence-electron chi connectivity index (χ0n) is 17.4. The number of fused-ring (bicyclic) bond motifs is 1. The smallest absolute Gasteiger partial charge is 0.325 e. The highest BCUT2D eigenvalue weighted by Crippen LogP contribution is 2.19. The molecule has 4 amide bonds. The van der Waals surface area contributed by atoms with Crippen molar-refractivity contribution in [2.24, 2.45) is 11.5 Å². The quantitative estimate of drug-likeness (QED) is 0.208. The van der Waals surface area contributed by atoms with Gasteiger partial charge in [0.15, 0.2) is 0 Å². The minimum Gasteiger partial charge on any atom is -0.480 e. The summed E-state index contributed by atoms with van der Waals surface area (Å²) in [7, 11) is 0. The van der Waals surface area contributed by atoms with Gasteiger partial charge in [-0.05, 0) is 18.6 Å². The van der Waals surface area contributed by atoms with Gasteiger partial charge in [-0.25, -0.2) is 0 Å². The first-order chi connectivity index (χ1) is 15.1. The number of carbonyl (C=O) groups excluding carboxylic acids is 4. The molecule has 1 heterocycles. The van der Waals surface area contributed by atoms with Crippen LogP contribution in [-0.4, -0.2) is 64.4 Å². The van der Waals surface area contributed by atoms with E-state index in [2.05, 4.69) is 20.9 Å². The second-order valence-corrected chi connectivity index (χ2v) is 7.19. The van der Waals surface area contributed by atoms with E-state index in [4.69, 9.17) is 16.6 Å². The molecule has 0 spiro atoms. The van der Waals surface area contributed by atoms with Crippen LogP contribution in [0.15, 0.2) is 30.5 Å². The van der Waals surface area contributed by atoms with Gasteiger partial charge in [0.2, 0.25) is 23.6 Å². The van der Waals surface area contributed by atoms with Crippen molar-refractivity contribution in [3.05, 3.63) is 36.0 Å². The third-order valence-electron chi connectivity index (χ3n) is 4.70. The molecule has 0 fully saturated rings. The van der Waals surface area contributed by atoms with Crippen molar-refractivity contribution in [3.63, 3.8) is 0 Å². The number of nitrogens with one attached hydrogen (secondary N) is 4. The van der Waals surface area contributed by atoms with E-state index >= 15 is 0 Å². The molecule has 0 aliphatic carbocycles. The minimum atomic E-state index is -1.35. The fourth-order valence-corrected chi connectivity index (χ4v) is 3.04. The third-order valence-corrected chi connectivity index (χ3v) is 4.70. The Morgan fingerprint density at radius 3 is 2.31 bits per heavy atom. The molecule has 0 radical (unpaired) electrons. The maximum Gasteiger partial charge on any atom is 0.325 e. The van der Waals surface area contributed by atoms with Crippen molar-refractivity contribution in [1.82, 2.24) is 20.9 Å². The lowest BCUT2D eigenvalue weighted by Gasteiger charge is -2.23. The predicted molar refractivity (Wildman–Crippen MR) is 114 cm³/mol. The first kappa shape index (κ1) is 24.3. The average Bonchev–Trinajstić information content (AvgIpc) is 3.15. The SMILES string of the molecule is CC(NC(=O)C(Cc1c[nH]c2ccccc12)NC(=O)C(CC(N)=O)NC(=O)CN)C(=O)O. The monoisotopic (exact) mass is 446 g/mol. The van der Waals surface area contributed by atoms with Crippen molar-refractivity contribution >= 4 is 40.5 Å². The Hall–Kier alpha value is -3.93. The van der Waals surface area contributed by atoms with Gasteiger partial charge in [-0.3, -0.25) is 24.0 Å². The second-order valence-electron chi connectivity index (χ2n) is 7.19. The summed E-state index contributed by atoms with van der Waals surface area (Å²) in [6.45, 7) is 0.861. The van der Waals surface area contributed by atoms with E-state index in [1.165, 1.54) is 6.92 Å². The van der Waals surface area contributed by atoms with Gasteiger partial charge in [0, 0.05) is 23.5 Å². The molecule has 0 saturated heterocycles. The number of amides is 4. The molecule has 172 valence electrons. The molecule has 0 aliphatic rings. The Morgan fingerprint density at radius 1 is 1.03 bits per heavy atom. The summed E-state index contributed by atoms with van der Waals surface area (Å²) in [4.78, 5) is 62.7. The number of primary amides is 1. The number of rotatable bonds is 11. The molecular formula is C20H26N6O6. The molecule has 0 aliphatic heterocycles. The Bertz CT molecular complexity index is 1020. The van der Waals surface area contributed by atoms with Crippen LogP contribution in [0.1, 0.15) is 18.9 Å². The lowest BCUT2D eigenvalue weighted by atomic mass is 10.0. The number of aromatic amines is 1. The number of hydrogen-bond donors (Lipinski definition) is 7. The van der Waals surface area contributed by atoms with E-state index in [9.17, 15) is 24.0 Å². The van der Waals surface area contributed by atoms with Crippen LogP contribution in [0.25, 0.3) is 10.9 Å². The van der Waals surface area contributed by atoms with Crippen molar-refractivity contribution in [1.29, 1.82) is 0 Å². The number of H-pyrrole nitrogens is 1. The van der Waals surface area contributed by atoms with Crippen LogP contribution in [-0.2, 0) is 30.4 Å². The Balaban J connectivity index is 2.28. The summed E-state index contributed by atoms with van der Waals surface area (Å²) in [6.07, 6.45) is 1.18. The normalized spacial score (nSPS) is 13.6. The summed E-state index contributed by atoms with van der Waals surface area (Å²) in [6, 6.07) is 3.55. The summed E-state index contributed by atoms with van der Waals surface area (Å²) in [5, 5.41) is 17.0. The zero-order chi connectivity index (χ0) is 23.8. The molecule has 3 unspecified atom stereocenters. The van der Waals surface area contributed by atoms with Crippen molar-refractivity contribution in [2.45, 2.75) is 37.9 Å². The fourth-order valence-electron chi connectivity index (χ4n) is 3.04. The van der Waals surface area contributed by atoms with Crippen LogP contribution >= 0.6 is 0 Å². The van der Waals surface area contributed by atoms with E-state index in [-0.39, 0.29) is 6.42 Å². The maximum absolute atomic E-state index is 12.8. The van der Waals surface area contributed by atoms with Gasteiger partial charge in [-0.2, -0.15) is 0 Å². The number of nitrogens with two attached hydrogens (primary N) is 2. The summed E-state index contributed by atoms with van der Waals surface area (Å²) in [5.41, 5.74) is 11.9. The molecule has 9 N–H and O–H groups in total. The fraction of sp³-hybridized carbons (Fsp3) is 0.350. The molecule has 32 heavy (non-hydrogen) atoms. The van der Waals surface area contributed by atoms with E-state index in [1.807, 2.05) is 24.3 Å². The predicted octanol–water partition coefficient (Wildman–Crippen LogP) is -1.90. The Labute approximate surface area is 183 Å². The van der Waals surface area contributed by atoms with Crippen molar-refractivity contribution in [2.75, 3.05) is 6.54 Å². The number of carboxylic acid groups (broad SMARTS) is 1. The number of aliphatic carboxylic acids is 1. The van der Waals surface area contributed by atoms with E-state index < -0.39 is 60.7 Å². The van der Waals surface area contributed by atoms with Crippen LogP contribution in [0.5, 0.6) is 0 Å². The van der Waals surface area contributed by atoms with Gasteiger partial charge in [0.25, 0.3) is 0 Å². The molecule has 2 aromatic rings. The highest BCUT2D eigenvalue weighted by Gasteiger charge is 2.29.